The molecule has 6 nitrogen and oxygen atoms in total. The third kappa shape index (κ3) is 10.9. The molecule has 1 N–H and O–H groups in total. The highest BCUT2D eigenvalue weighted by Crippen LogP contribution is 1.98. The average molecular weight is 234 g/mol. The summed E-state index contributed by atoms with van der Waals surface area (Å²) < 4.78 is 4.31. The van der Waals surface area contributed by atoms with E-state index >= 15 is 0 Å². The van der Waals surface area contributed by atoms with Gasteiger partial charge in [-0.15, -0.1) is 0 Å². The molecule has 0 spiro atoms. The largest absolute Gasteiger partial charge is 0.479 e. The molecule has 0 fully saturated rings. The lowest BCUT2D eigenvalue weighted by Crippen LogP contribution is -2.17. The van der Waals surface area contributed by atoms with Crippen molar-refractivity contribution >= 4 is 11.9 Å². The summed E-state index contributed by atoms with van der Waals surface area (Å²) in [5, 5.41) is 8.21. The fourth-order valence-corrected chi connectivity index (χ4v) is 0.920. The molecule has 0 heterocycles. The van der Waals surface area contributed by atoms with Gasteiger partial charge in [0.2, 0.25) is 0 Å². The Bertz CT molecular complexity index is 203. The standard InChI is InChI=1S/C10H18O6/c1-2-3-4-5-6-15-16-8-10(13)14-7-9(11)12/h2-8H2,1H3,(H,11,12). The molecule has 0 aromatic carbocycles. The van der Waals surface area contributed by atoms with Crippen LogP contribution in [0.4, 0.5) is 0 Å². The molecule has 94 valence electrons. The van der Waals surface area contributed by atoms with Gasteiger partial charge in [0.1, 0.15) is 0 Å². The van der Waals surface area contributed by atoms with Crippen LogP contribution in [0, 0.1) is 0 Å². The highest BCUT2D eigenvalue weighted by atomic mass is 17.2. The van der Waals surface area contributed by atoms with Gasteiger partial charge in [-0.3, -0.25) is 0 Å². The van der Waals surface area contributed by atoms with Crippen molar-refractivity contribution in [2.75, 3.05) is 19.8 Å². The molecule has 0 aromatic heterocycles. The summed E-state index contributed by atoms with van der Waals surface area (Å²) in [5.41, 5.74) is 0. The van der Waals surface area contributed by atoms with E-state index in [-0.39, 0.29) is 6.61 Å². The highest BCUT2D eigenvalue weighted by Gasteiger charge is 2.06. The number of aliphatic carboxylic acids is 1. The number of rotatable bonds is 10. The maximum absolute atomic E-state index is 10.8. The van der Waals surface area contributed by atoms with Crippen LogP contribution in [0.15, 0.2) is 0 Å². The number of ether oxygens (including phenoxy) is 1. The molecule has 16 heavy (non-hydrogen) atoms. The van der Waals surface area contributed by atoms with E-state index in [1.54, 1.807) is 0 Å². The number of carbonyl (C=O) groups is 2. The number of carboxylic acids is 1. The Morgan fingerprint density at radius 2 is 1.81 bits per heavy atom. The molecule has 0 unspecified atom stereocenters. The zero-order valence-corrected chi connectivity index (χ0v) is 9.44. The van der Waals surface area contributed by atoms with Crippen LogP contribution in [0.1, 0.15) is 32.6 Å². The van der Waals surface area contributed by atoms with Crippen molar-refractivity contribution in [1.29, 1.82) is 0 Å². The zero-order valence-electron chi connectivity index (χ0n) is 9.44. The van der Waals surface area contributed by atoms with E-state index in [0.717, 1.165) is 25.7 Å². The summed E-state index contributed by atoms with van der Waals surface area (Å²) >= 11 is 0. The van der Waals surface area contributed by atoms with Crippen LogP contribution in [-0.2, 0) is 24.1 Å². The first-order valence-corrected chi connectivity index (χ1v) is 5.28. The number of hydrogen-bond donors (Lipinski definition) is 1. The van der Waals surface area contributed by atoms with E-state index in [2.05, 4.69) is 16.5 Å². The van der Waals surface area contributed by atoms with Crippen LogP contribution in [-0.4, -0.2) is 36.9 Å². The highest BCUT2D eigenvalue weighted by molar-refractivity contribution is 5.75. The Hall–Kier alpha value is -1.14. The Morgan fingerprint density at radius 3 is 2.44 bits per heavy atom. The van der Waals surface area contributed by atoms with Gasteiger partial charge in [0.15, 0.2) is 13.2 Å². The molecule has 0 saturated heterocycles. The van der Waals surface area contributed by atoms with Crippen molar-refractivity contribution in [2.24, 2.45) is 0 Å². The number of unbranched alkanes of at least 4 members (excludes halogenated alkanes) is 3. The summed E-state index contributed by atoms with van der Waals surface area (Å²) in [7, 11) is 0. The van der Waals surface area contributed by atoms with Crippen molar-refractivity contribution in [3.63, 3.8) is 0 Å². The van der Waals surface area contributed by atoms with E-state index in [1.165, 1.54) is 0 Å². The minimum atomic E-state index is -1.20. The van der Waals surface area contributed by atoms with Crippen molar-refractivity contribution in [2.45, 2.75) is 32.6 Å². The molecule has 0 aliphatic heterocycles. The number of esters is 1. The van der Waals surface area contributed by atoms with Crippen LogP contribution < -0.4 is 0 Å². The van der Waals surface area contributed by atoms with Crippen molar-refractivity contribution in [1.82, 2.24) is 0 Å². The number of carboxylic acid groups (broad SMARTS) is 1. The second-order valence-corrected chi connectivity index (χ2v) is 3.20. The topological polar surface area (TPSA) is 82.1 Å². The second kappa shape index (κ2) is 10.4. The summed E-state index contributed by atoms with van der Waals surface area (Å²) in [6.45, 7) is 1.49. The molecule has 0 aromatic rings. The van der Waals surface area contributed by atoms with Crippen LogP contribution in [0.3, 0.4) is 0 Å². The molecule has 0 atom stereocenters. The lowest BCUT2D eigenvalue weighted by molar-refractivity contribution is -0.293. The van der Waals surface area contributed by atoms with E-state index in [0.29, 0.717) is 6.61 Å². The second-order valence-electron chi connectivity index (χ2n) is 3.20. The van der Waals surface area contributed by atoms with Gasteiger partial charge in [0.05, 0.1) is 6.61 Å². The van der Waals surface area contributed by atoms with Gasteiger partial charge in [-0.05, 0) is 6.42 Å². The summed E-state index contributed by atoms with van der Waals surface area (Å²) in [4.78, 5) is 30.1. The van der Waals surface area contributed by atoms with Gasteiger partial charge in [0.25, 0.3) is 0 Å². The third-order valence-electron chi connectivity index (χ3n) is 1.70. The normalized spacial score (nSPS) is 10.1. The Labute approximate surface area is 94.4 Å². The molecule has 0 bridgehead atoms. The molecular weight excluding hydrogens is 216 g/mol. The van der Waals surface area contributed by atoms with Gasteiger partial charge in [-0.1, -0.05) is 26.2 Å². The zero-order chi connectivity index (χ0) is 12.2. The lowest BCUT2D eigenvalue weighted by Gasteiger charge is -2.03. The molecule has 0 aliphatic carbocycles. The predicted octanol–water partition coefficient (Wildman–Crippen LogP) is 1.14. The van der Waals surface area contributed by atoms with Crippen molar-refractivity contribution < 1.29 is 29.2 Å². The molecule has 0 aliphatic rings. The van der Waals surface area contributed by atoms with Gasteiger partial charge in [0, 0.05) is 0 Å². The predicted molar refractivity (Wildman–Crippen MR) is 54.6 cm³/mol. The van der Waals surface area contributed by atoms with E-state index < -0.39 is 18.5 Å². The maximum atomic E-state index is 10.8. The average Bonchev–Trinajstić information content (AvgIpc) is 2.25. The quantitative estimate of drug-likeness (QED) is 0.264. The Balaban J connectivity index is 3.18. The molecule has 0 rings (SSSR count). The minimum Gasteiger partial charge on any atom is -0.479 e. The summed E-state index contributed by atoms with van der Waals surface area (Å²) in [5.74, 6) is -1.95. The first kappa shape index (κ1) is 14.9. The first-order valence-electron chi connectivity index (χ1n) is 5.28. The summed E-state index contributed by atoms with van der Waals surface area (Å²) in [6, 6.07) is 0. The van der Waals surface area contributed by atoms with Gasteiger partial charge < -0.3 is 9.84 Å². The van der Waals surface area contributed by atoms with Crippen molar-refractivity contribution in [3.05, 3.63) is 0 Å². The lowest BCUT2D eigenvalue weighted by atomic mass is 10.2. The number of hydrogen-bond acceptors (Lipinski definition) is 5. The Morgan fingerprint density at radius 1 is 1.06 bits per heavy atom. The maximum Gasteiger partial charge on any atom is 0.341 e. The molecule has 6 heteroatoms. The van der Waals surface area contributed by atoms with Crippen LogP contribution in [0.5, 0.6) is 0 Å². The SMILES string of the molecule is CCCCCCOOCC(=O)OCC(=O)O. The van der Waals surface area contributed by atoms with Crippen molar-refractivity contribution in [3.8, 4) is 0 Å². The fourth-order valence-electron chi connectivity index (χ4n) is 0.920. The van der Waals surface area contributed by atoms with Gasteiger partial charge >= 0.3 is 11.9 Å². The summed E-state index contributed by atoms with van der Waals surface area (Å²) in [6.07, 6.45) is 4.22. The van der Waals surface area contributed by atoms with E-state index in [9.17, 15) is 9.59 Å². The van der Waals surface area contributed by atoms with Crippen LogP contribution in [0.2, 0.25) is 0 Å². The monoisotopic (exact) mass is 234 g/mol. The molecule has 0 amide bonds. The van der Waals surface area contributed by atoms with E-state index in [4.69, 9.17) is 9.99 Å². The molecular formula is C10H18O6. The van der Waals surface area contributed by atoms with Gasteiger partial charge in [-0.25, -0.2) is 19.4 Å². The Kier molecular flexibility index (Phi) is 9.64. The number of carbonyl (C=O) groups excluding carboxylic acids is 1. The first-order chi connectivity index (χ1) is 7.66. The van der Waals surface area contributed by atoms with E-state index in [1.807, 2.05) is 0 Å². The third-order valence-corrected chi connectivity index (χ3v) is 1.70. The molecule has 0 radical (unpaired) electrons. The molecule has 0 saturated carbocycles. The minimum absolute atomic E-state index is 0.388. The fraction of sp³-hybridized carbons (Fsp3) is 0.800. The van der Waals surface area contributed by atoms with Crippen LogP contribution >= 0.6 is 0 Å². The van der Waals surface area contributed by atoms with Crippen LogP contribution in [0.25, 0.3) is 0 Å². The smallest absolute Gasteiger partial charge is 0.341 e. The van der Waals surface area contributed by atoms with Gasteiger partial charge in [-0.2, -0.15) is 0 Å².